The molecule has 2 fully saturated rings. The number of hydrogen-bond acceptors (Lipinski definition) is 3. The van der Waals surface area contributed by atoms with Crippen molar-refractivity contribution in [3.05, 3.63) is 65.2 Å². The first-order valence-corrected chi connectivity index (χ1v) is 9.91. The molecular weight excluding hydrogens is 336 g/mol. The van der Waals surface area contributed by atoms with E-state index in [0.717, 1.165) is 31.5 Å². The van der Waals surface area contributed by atoms with Gasteiger partial charge < -0.3 is 10.6 Å². The number of carbonyl (C=O) groups excluding carboxylic acids is 2. The van der Waals surface area contributed by atoms with Crippen LogP contribution in [0.15, 0.2) is 48.5 Å². The Labute approximate surface area is 159 Å². The quantitative estimate of drug-likeness (QED) is 0.862. The fraction of sp³-hybridized carbons (Fsp3) is 0.391. The molecule has 0 radical (unpaired) electrons. The topological polar surface area (TPSA) is 58.2 Å². The number of rotatable bonds is 2. The third-order valence-electron chi connectivity index (χ3n) is 6.79. The smallest absolute Gasteiger partial charge is 0.255 e. The third-order valence-corrected chi connectivity index (χ3v) is 6.79. The zero-order chi connectivity index (χ0) is 18.4. The summed E-state index contributed by atoms with van der Waals surface area (Å²) in [4.78, 5) is 25.3. The highest BCUT2D eigenvalue weighted by molar-refractivity contribution is 6.05. The molecule has 2 N–H and O–H groups in total. The second-order valence-corrected chi connectivity index (χ2v) is 8.19. The van der Waals surface area contributed by atoms with Crippen LogP contribution in [0.5, 0.6) is 0 Å². The minimum atomic E-state index is -0.126. The molecule has 3 atom stereocenters. The standard InChI is InChI=1S/C23H24N2O2/c26-17-9-10-18-20-13-16-7-4-8-19(21(16)23(18,14-17)11-12-24-20)25-22(27)15-5-2-1-3-6-15/h1-8,18,20,24H,9-14H2,(H,25,27)/t18-,20+,23-/m0/s1. The molecule has 2 bridgehead atoms. The van der Waals surface area contributed by atoms with Crippen LogP contribution in [0, 0.1) is 5.92 Å². The van der Waals surface area contributed by atoms with Crippen LogP contribution in [0.3, 0.4) is 0 Å². The van der Waals surface area contributed by atoms with Crippen LogP contribution in [0.1, 0.15) is 47.2 Å². The lowest BCUT2D eigenvalue weighted by Gasteiger charge is -2.55. The van der Waals surface area contributed by atoms with Crippen molar-refractivity contribution in [3.8, 4) is 0 Å². The summed E-state index contributed by atoms with van der Waals surface area (Å²) in [5.41, 5.74) is 3.93. The first kappa shape index (κ1) is 16.7. The number of piperidine rings is 1. The van der Waals surface area contributed by atoms with E-state index < -0.39 is 0 Å². The van der Waals surface area contributed by atoms with Gasteiger partial charge in [-0.2, -0.15) is 0 Å². The summed E-state index contributed by atoms with van der Waals surface area (Å²) >= 11 is 0. The number of benzene rings is 2. The maximum absolute atomic E-state index is 12.8. The number of anilines is 1. The molecule has 1 amide bonds. The molecule has 1 saturated heterocycles. The lowest BCUT2D eigenvalue weighted by atomic mass is 9.52. The Bertz CT molecular complexity index is 908. The molecule has 2 aromatic rings. The van der Waals surface area contributed by atoms with Crippen LogP contribution in [-0.4, -0.2) is 24.3 Å². The number of ketones is 1. The van der Waals surface area contributed by atoms with E-state index in [2.05, 4.69) is 16.7 Å². The SMILES string of the molecule is O=C1CC[C@H]2[C@H]3Cc4cccc(NC(=O)c5ccccc5)c4[C@@]2(CCN3)C1. The van der Waals surface area contributed by atoms with Crippen molar-refractivity contribution in [2.24, 2.45) is 5.92 Å². The van der Waals surface area contributed by atoms with Gasteiger partial charge in [0.2, 0.25) is 0 Å². The molecule has 138 valence electrons. The Balaban J connectivity index is 1.59. The maximum Gasteiger partial charge on any atom is 0.255 e. The summed E-state index contributed by atoms with van der Waals surface area (Å²) in [7, 11) is 0. The highest BCUT2D eigenvalue weighted by atomic mass is 16.1. The molecule has 4 nitrogen and oxygen atoms in total. The van der Waals surface area contributed by atoms with Gasteiger partial charge in [0, 0.05) is 35.5 Å². The molecule has 0 spiro atoms. The summed E-state index contributed by atoms with van der Waals surface area (Å²) in [5, 5.41) is 6.85. The summed E-state index contributed by atoms with van der Waals surface area (Å²) < 4.78 is 0. The van der Waals surface area contributed by atoms with Crippen molar-refractivity contribution < 1.29 is 9.59 Å². The molecule has 3 aliphatic rings. The summed E-state index contributed by atoms with van der Waals surface area (Å²) in [6.07, 6.45) is 4.20. The number of amides is 1. The maximum atomic E-state index is 12.8. The highest BCUT2D eigenvalue weighted by Gasteiger charge is 2.54. The zero-order valence-electron chi connectivity index (χ0n) is 15.3. The number of hydrogen-bond donors (Lipinski definition) is 2. The van der Waals surface area contributed by atoms with E-state index in [4.69, 9.17) is 0 Å². The Morgan fingerprint density at radius 2 is 1.96 bits per heavy atom. The van der Waals surface area contributed by atoms with Crippen LogP contribution in [0.4, 0.5) is 5.69 Å². The van der Waals surface area contributed by atoms with Gasteiger partial charge in [-0.1, -0.05) is 30.3 Å². The average molecular weight is 360 g/mol. The van der Waals surface area contributed by atoms with E-state index in [1.807, 2.05) is 42.5 Å². The minimum absolute atomic E-state index is 0.0878. The summed E-state index contributed by atoms with van der Waals surface area (Å²) in [5.74, 6) is 0.755. The second-order valence-electron chi connectivity index (χ2n) is 8.19. The van der Waals surface area contributed by atoms with Crippen molar-refractivity contribution in [2.75, 3.05) is 11.9 Å². The molecule has 4 heteroatoms. The van der Waals surface area contributed by atoms with E-state index in [9.17, 15) is 9.59 Å². The lowest BCUT2D eigenvalue weighted by molar-refractivity contribution is -0.125. The van der Waals surface area contributed by atoms with Crippen molar-refractivity contribution in [1.29, 1.82) is 0 Å². The fourth-order valence-corrected chi connectivity index (χ4v) is 5.74. The van der Waals surface area contributed by atoms with Crippen molar-refractivity contribution in [3.63, 3.8) is 0 Å². The Morgan fingerprint density at radius 3 is 2.81 bits per heavy atom. The summed E-state index contributed by atoms with van der Waals surface area (Å²) in [6.45, 7) is 0.939. The number of fused-ring (bicyclic) bond motifs is 1. The molecule has 1 aliphatic heterocycles. The predicted molar refractivity (Wildman–Crippen MR) is 105 cm³/mol. The fourth-order valence-electron chi connectivity index (χ4n) is 5.74. The molecule has 5 rings (SSSR count). The molecule has 0 unspecified atom stereocenters. The zero-order valence-corrected chi connectivity index (χ0v) is 15.3. The molecule has 1 saturated carbocycles. The molecule has 2 aliphatic carbocycles. The highest BCUT2D eigenvalue weighted by Crippen LogP contribution is 2.55. The third kappa shape index (κ3) is 2.62. The second kappa shape index (κ2) is 6.31. The van der Waals surface area contributed by atoms with E-state index in [0.29, 0.717) is 36.1 Å². The van der Waals surface area contributed by atoms with Crippen molar-refractivity contribution in [1.82, 2.24) is 5.32 Å². The molecule has 0 aromatic heterocycles. The van der Waals surface area contributed by atoms with Crippen LogP contribution in [0.25, 0.3) is 0 Å². The van der Waals surface area contributed by atoms with Crippen LogP contribution in [0.2, 0.25) is 0 Å². The van der Waals surface area contributed by atoms with Gasteiger partial charge in [-0.05, 0) is 61.1 Å². The normalized spacial score (nSPS) is 28.8. The number of nitrogens with one attached hydrogen (secondary N) is 2. The number of Topliss-reactive ketones (excluding diaryl/α,β-unsaturated/α-hetero) is 1. The average Bonchev–Trinajstić information content (AvgIpc) is 2.68. The first-order valence-electron chi connectivity index (χ1n) is 9.91. The van der Waals surface area contributed by atoms with Gasteiger partial charge in [-0.25, -0.2) is 0 Å². The molecule has 27 heavy (non-hydrogen) atoms. The van der Waals surface area contributed by atoms with E-state index in [1.54, 1.807) is 0 Å². The van der Waals surface area contributed by atoms with Gasteiger partial charge in [0.15, 0.2) is 0 Å². The largest absolute Gasteiger partial charge is 0.322 e. The summed E-state index contributed by atoms with van der Waals surface area (Å²) in [6, 6.07) is 16.0. The Morgan fingerprint density at radius 1 is 1.11 bits per heavy atom. The van der Waals surface area contributed by atoms with Crippen LogP contribution >= 0.6 is 0 Å². The minimum Gasteiger partial charge on any atom is -0.322 e. The van der Waals surface area contributed by atoms with Gasteiger partial charge in [0.05, 0.1) is 0 Å². The number of carbonyl (C=O) groups is 2. The Hall–Kier alpha value is -2.46. The molecule has 2 aromatic carbocycles. The van der Waals surface area contributed by atoms with Crippen LogP contribution in [-0.2, 0) is 16.6 Å². The van der Waals surface area contributed by atoms with E-state index in [1.165, 1.54) is 11.1 Å². The predicted octanol–water partition coefficient (Wildman–Crippen LogP) is 3.46. The van der Waals surface area contributed by atoms with Crippen molar-refractivity contribution in [2.45, 2.75) is 43.6 Å². The van der Waals surface area contributed by atoms with Gasteiger partial charge in [-0.15, -0.1) is 0 Å². The monoisotopic (exact) mass is 360 g/mol. The van der Waals surface area contributed by atoms with Gasteiger partial charge >= 0.3 is 0 Å². The van der Waals surface area contributed by atoms with Gasteiger partial charge in [-0.3, -0.25) is 9.59 Å². The van der Waals surface area contributed by atoms with Gasteiger partial charge in [0.1, 0.15) is 5.78 Å². The first-order chi connectivity index (χ1) is 13.2. The van der Waals surface area contributed by atoms with Gasteiger partial charge in [0.25, 0.3) is 5.91 Å². The van der Waals surface area contributed by atoms with E-state index in [-0.39, 0.29) is 11.3 Å². The Kier molecular flexibility index (Phi) is 3.90. The lowest BCUT2D eigenvalue weighted by Crippen LogP contribution is -2.60. The molecular formula is C23H24N2O2. The van der Waals surface area contributed by atoms with Crippen molar-refractivity contribution >= 4 is 17.4 Å². The van der Waals surface area contributed by atoms with E-state index >= 15 is 0 Å². The van der Waals surface area contributed by atoms with Crippen LogP contribution < -0.4 is 10.6 Å². The molecule has 1 heterocycles.